The van der Waals surface area contributed by atoms with Crippen LogP contribution in [0.4, 0.5) is 11.4 Å². The number of carbonyl (C=O) groups excluding carboxylic acids is 1. The van der Waals surface area contributed by atoms with Crippen molar-refractivity contribution >= 4 is 17.3 Å². The summed E-state index contributed by atoms with van der Waals surface area (Å²) in [4.78, 5) is 15.8. The zero-order valence-electron chi connectivity index (χ0n) is 18.2. The summed E-state index contributed by atoms with van der Waals surface area (Å²) in [6, 6.07) is 26.7. The highest BCUT2D eigenvalue weighted by atomic mass is 16.2. The Bertz CT molecular complexity index is 1020. The van der Waals surface area contributed by atoms with Crippen molar-refractivity contribution in [1.82, 2.24) is 0 Å². The molecule has 4 rings (SSSR count). The molecule has 0 aromatic heterocycles. The Morgan fingerprint density at radius 2 is 1.53 bits per heavy atom. The minimum Gasteiger partial charge on any atom is -0.382 e. The lowest BCUT2D eigenvalue weighted by atomic mass is 9.86. The average molecular weight is 399 g/mol. The summed E-state index contributed by atoms with van der Waals surface area (Å²) < 4.78 is 0. The first-order valence-electron chi connectivity index (χ1n) is 10.7. The van der Waals surface area contributed by atoms with E-state index in [-0.39, 0.29) is 23.4 Å². The molecular formula is C27H30N2O. The molecule has 30 heavy (non-hydrogen) atoms. The first kappa shape index (κ1) is 20.2. The van der Waals surface area contributed by atoms with Gasteiger partial charge in [-0.05, 0) is 60.2 Å². The molecule has 0 saturated heterocycles. The number of nitrogens with zero attached hydrogens (tertiary/aromatic N) is 1. The monoisotopic (exact) mass is 398 g/mol. The van der Waals surface area contributed by atoms with E-state index in [0.29, 0.717) is 0 Å². The zero-order valence-corrected chi connectivity index (χ0v) is 18.2. The molecule has 3 heteroatoms. The third kappa shape index (κ3) is 3.97. The summed E-state index contributed by atoms with van der Waals surface area (Å²) >= 11 is 0. The third-order valence-electron chi connectivity index (χ3n) is 5.86. The van der Waals surface area contributed by atoms with Gasteiger partial charge in [-0.3, -0.25) is 4.79 Å². The van der Waals surface area contributed by atoms with Crippen molar-refractivity contribution in [3.63, 3.8) is 0 Å². The second-order valence-electron chi connectivity index (χ2n) is 9.22. The van der Waals surface area contributed by atoms with Gasteiger partial charge in [0.2, 0.25) is 0 Å². The molecule has 1 N–H and O–H groups in total. The van der Waals surface area contributed by atoms with Gasteiger partial charge in [-0.1, -0.05) is 69.3 Å². The number of carbonyl (C=O) groups is 1. The van der Waals surface area contributed by atoms with Gasteiger partial charge in [0.1, 0.15) is 0 Å². The number of amides is 1. The molecule has 3 nitrogen and oxygen atoms in total. The third-order valence-corrected chi connectivity index (χ3v) is 5.86. The molecule has 0 spiro atoms. The van der Waals surface area contributed by atoms with Gasteiger partial charge in [-0.15, -0.1) is 0 Å². The fourth-order valence-corrected chi connectivity index (χ4v) is 4.23. The normalized spacial score (nSPS) is 18.3. The van der Waals surface area contributed by atoms with Gasteiger partial charge in [0.15, 0.2) is 0 Å². The minimum atomic E-state index is -0.0188. The lowest BCUT2D eigenvalue weighted by Gasteiger charge is -2.39. The topological polar surface area (TPSA) is 32.3 Å². The van der Waals surface area contributed by atoms with E-state index in [4.69, 9.17) is 0 Å². The van der Waals surface area contributed by atoms with Crippen LogP contribution in [0, 0.1) is 0 Å². The Balaban J connectivity index is 1.78. The summed E-state index contributed by atoms with van der Waals surface area (Å²) in [6.45, 7) is 8.74. The van der Waals surface area contributed by atoms with Gasteiger partial charge in [-0.25, -0.2) is 0 Å². The number of rotatable bonds is 3. The standard InChI is InChI=1S/C27H30N2O/c1-19-18-25(23-12-8-9-13-24(23)28-19)29(22-10-6-5-7-11-22)26(30)20-14-16-21(17-15-20)27(2,3)4/h5-17,19,25,28H,18H2,1-4H3/t19-,25-/m1/s1. The van der Waals surface area contributed by atoms with E-state index in [9.17, 15) is 4.79 Å². The van der Waals surface area contributed by atoms with Crippen molar-refractivity contribution in [3.8, 4) is 0 Å². The highest BCUT2D eigenvalue weighted by Gasteiger charge is 2.33. The molecule has 0 bridgehead atoms. The summed E-state index contributed by atoms with van der Waals surface area (Å²) in [7, 11) is 0. The van der Waals surface area contributed by atoms with Crippen molar-refractivity contribution in [2.75, 3.05) is 10.2 Å². The fraction of sp³-hybridized carbons (Fsp3) is 0.296. The molecule has 3 aromatic carbocycles. The smallest absolute Gasteiger partial charge is 0.258 e. The molecule has 0 fully saturated rings. The summed E-state index contributed by atoms with van der Waals surface area (Å²) in [6.07, 6.45) is 0.859. The second kappa shape index (κ2) is 7.98. The van der Waals surface area contributed by atoms with Crippen LogP contribution < -0.4 is 10.2 Å². The first-order valence-corrected chi connectivity index (χ1v) is 10.7. The lowest BCUT2D eigenvalue weighted by molar-refractivity contribution is 0.0974. The molecule has 0 radical (unpaired) electrons. The average Bonchev–Trinajstić information content (AvgIpc) is 2.74. The van der Waals surface area contributed by atoms with Crippen LogP contribution in [-0.2, 0) is 5.41 Å². The Hall–Kier alpha value is -3.07. The van der Waals surface area contributed by atoms with Crippen LogP contribution in [0.15, 0.2) is 78.9 Å². The van der Waals surface area contributed by atoms with Crippen LogP contribution in [-0.4, -0.2) is 11.9 Å². The van der Waals surface area contributed by atoms with E-state index in [0.717, 1.165) is 23.4 Å². The molecule has 3 aromatic rings. The van der Waals surface area contributed by atoms with Crippen LogP contribution in [0.2, 0.25) is 0 Å². The predicted octanol–water partition coefficient (Wildman–Crippen LogP) is 6.58. The molecular weight excluding hydrogens is 368 g/mol. The first-order chi connectivity index (χ1) is 14.3. The van der Waals surface area contributed by atoms with Gasteiger partial charge in [-0.2, -0.15) is 0 Å². The molecule has 0 saturated carbocycles. The Labute approximate surface area is 179 Å². The lowest BCUT2D eigenvalue weighted by Crippen LogP contribution is -2.40. The molecule has 0 aliphatic carbocycles. The molecule has 2 atom stereocenters. The van der Waals surface area contributed by atoms with Crippen LogP contribution in [0.25, 0.3) is 0 Å². The highest BCUT2D eigenvalue weighted by molar-refractivity contribution is 6.06. The van der Waals surface area contributed by atoms with E-state index in [1.54, 1.807) is 0 Å². The quantitative estimate of drug-likeness (QED) is 0.541. The number of benzene rings is 3. The van der Waals surface area contributed by atoms with E-state index in [1.165, 1.54) is 11.1 Å². The number of anilines is 2. The van der Waals surface area contributed by atoms with E-state index < -0.39 is 0 Å². The van der Waals surface area contributed by atoms with Crippen molar-refractivity contribution < 1.29 is 4.79 Å². The van der Waals surface area contributed by atoms with Crippen LogP contribution >= 0.6 is 0 Å². The van der Waals surface area contributed by atoms with Gasteiger partial charge < -0.3 is 10.2 Å². The maximum absolute atomic E-state index is 13.8. The van der Waals surface area contributed by atoms with Crippen LogP contribution in [0.1, 0.15) is 61.6 Å². The largest absolute Gasteiger partial charge is 0.382 e. The number of nitrogens with one attached hydrogen (secondary N) is 1. The van der Waals surface area contributed by atoms with Crippen LogP contribution in [0.3, 0.4) is 0 Å². The molecule has 0 unspecified atom stereocenters. The predicted molar refractivity (Wildman–Crippen MR) is 125 cm³/mol. The zero-order chi connectivity index (χ0) is 21.3. The molecule has 154 valence electrons. The Morgan fingerprint density at radius 3 is 2.20 bits per heavy atom. The van der Waals surface area contributed by atoms with Crippen molar-refractivity contribution in [3.05, 3.63) is 95.6 Å². The summed E-state index contributed by atoms with van der Waals surface area (Å²) in [5.41, 5.74) is 5.21. The van der Waals surface area contributed by atoms with E-state index >= 15 is 0 Å². The number of hydrogen-bond acceptors (Lipinski definition) is 2. The fourth-order valence-electron chi connectivity index (χ4n) is 4.23. The molecule has 1 aliphatic heterocycles. The van der Waals surface area contributed by atoms with Gasteiger partial charge >= 0.3 is 0 Å². The SMILES string of the molecule is C[C@@H]1C[C@@H](N(C(=O)c2ccc(C(C)(C)C)cc2)c2ccccc2)c2ccccc2N1. The maximum Gasteiger partial charge on any atom is 0.258 e. The van der Waals surface area contributed by atoms with Gasteiger partial charge in [0.25, 0.3) is 5.91 Å². The summed E-state index contributed by atoms with van der Waals surface area (Å²) in [5.74, 6) is 0.0376. The molecule has 1 aliphatic rings. The summed E-state index contributed by atoms with van der Waals surface area (Å²) in [5, 5.41) is 3.56. The van der Waals surface area contributed by atoms with Gasteiger partial charge in [0, 0.05) is 23.0 Å². The van der Waals surface area contributed by atoms with Crippen molar-refractivity contribution in [2.45, 2.75) is 51.6 Å². The van der Waals surface area contributed by atoms with Crippen LogP contribution in [0.5, 0.6) is 0 Å². The minimum absolute atomic E-state index is 0.0188. The number of fused-ring (bicyclic) bond motifs is 1. The molecule has 1 heterocycles. The van der Waals surface area contributed by atoms with E-state index in [2.05, 4.69) is 63.3 Å². The second-order valence-corrected chi connectivity index (χ2v) is 9.22. The Morgan fingerprint density at radius 1 is 0.900 bits per heavy atom. The highest BCUT2D eigenvalue weighted by Crippen LogP contribution is 2.39. The van der Waals surface area contributed by atoms with Crippen molar-refractivity contribution in [1.29, 1.82) is 0 Å². The Kier molecular flexibility index (Phi) is 5.38. The number of para-hydroxylation sites is 2. The van der Waals surface area contributed by atoms with Crippen molar-refractivity contribution in [2.24, 2.45) is 0 Å². The number of hydrogen-bond donors (Lipinski definition) is 1. The van der Waals surface area contributed by atoms with E-state index in [1.807, 2.05) is 53.4 Å². The maximum atomic E-state index is 13.8. The van der Waals surface area contributed by atoms with Gasteiger partial charge in [0.05, 0.1) is 6.04 Å². The molecule has 1 amide bonds.